The number of nitrogens with one attached hydrogen (secondary N) is 1. The van der Waals surface area contributed by atoms with Crippen LogP contribution >= 0.6 is 15.9 Å². The topological polar surface area (TPSA) is 32.3 Å². The number of likely N-dealkylation sites (N-methyl/N-ethyl adjacent to an activating group) is 1. The molecule has 1 unspecified atom stereocenters. The number of carbonyl (C=O) groups is 1. The van der Waals surface area contributed by atoms with E-state index < -0.39 is 0 Å². The summed E-state index contributed by atoms with van der Waals surface area (Å²) >= 11 is 3.09. The van der Waals surface area contributed by atoms with Crippen molar-refractivity contribution < 1.29 is 9.18 Å². The maximum atomic E-state index is 13.1. The first kappa shape index (κ1) is 16.1. The quantitative estimate of drug-likeness (QED) is 0.900. The molecule has 1 aromatic rings. The zero-order valence-corrected chi connectivity index (χ0v) is 13.3. The monoisotopic (exact) mass is 330 g/mol. The third-order valence-electron chi connectivity index (χ3n) is 2.86. The van der Waals surface area contributed by atoms with E-state index in [1.165, 1.54) is 18.2 Å². The van der Waals surface area contributed by atoms with Gasteiger partial charge in [-0.2, -0.15) is 0 Å². The molecule has 0 saturated heterocycles. The molecule has 0 aliphatic heterocycles. The molecule has 0 saturated carbocycles. The third-order valence-corrected chi connectivity index (χ3v) is 3.47. The van der Waals surface area contributed by atoms with Crippen molar-refractivity contribution in [2.24, 2.45) is 5.92 Å². The van der Waals surface area contributed by atoms with Crippen LogP contribution < -0.4 is 5.32 Å². The lowest BCUT2D eigenvalue weighted by Crippen LogP contribution is -2.45. The summed E-state index contributed by atoms with van der Waals surface area (Å²) in [7, 11) is 3.94. The molecule has 1 atom stereocenters. The largest absolute Gasteiger partial charge is 0.348 e. The normalized spacial score (nSPS) is 12.8. The van der Waals surface area contributed by atoms with E-state index in [-0.39, 0.29) is 17.8 Å². The molecular formula is C14H20BrFN2O. The summed E-state index contributed by atoms with van der Waals surface area (Å²) < 4.78 is 13.4. The summed E-state index contributed by atoms with van der Waals surface area (Å²) in [6.07, 6.45) is 0. The molecule has 1 N–H and O–H groups in total. The number of nitrogens with zero attached hydrogens (tertiary/aromatic N) is 1. The maximum Gasteiger partial charge on any atom is 0.251 e. The van der Waals surface area contributed by atoms with Gasteiger partial charge in [0, 0.05) is 18.2 Å². The van der Waals surface area contributed by atoms with Gasteiger partial charge in [-0.1, -0.05) is 13.8 Å². The van der Waals surface area contributed by atoms with Gasteiger partial charge in [-0.3, -0.25) is 4.79 Å². The predicted octanol–water partition coefficient (Wildman–Crippen LogP) is 2.90. The summed E-state index contributed by atoms with van der Waals surface area (Å²) in [5.74, 6) is -0.221. The van der Waals surface area contributed by atoms with Crippen LogP contribution in [0.25, 0.3) is 0 Å². The highest BCUT2D eigenvalue weighted by Gasteiger charge is 2.18. The van der Waals surface area contributed by atoms with Crippen LogP contribution in [0.5, 0.6) is 0 Å². The van der Waals surface area contributed by atoms with E-state index in [9.17, 15) is 9.18 Å². The van der Waals surface area contributed by atoms with E-state index in [0.717, 1.165) is 6.54 Å². The molecule has 1 amide bonds. The number of halogens is 2. The fraction of sp³-hybridized carbons (Fsp3) is 0.500. The second-order valence-corrected chi connectivity index (χ2v) is 6.07. The molecule has 3 nitrogen and oxygen atoms in total. The SMILES string of the molecule is CC(C)C(CN(C)C)NC(=O)c1ccc(F)c(Br)c1. The van der Waals surface area contributed by atoms with Gasteiger partial charge in [0.1, 0.15) is 5.82 Å². The molecule has 5 heteroatoms. The summed E-state index contributed by atoms with van der Waals surface area (Å²) in [6.45, 7) is 4.90. The first-order valence-electron chi connectivity index (χ1n) is 6.22. The van der Waals surface area contributed by atoms with Crippen molar-refractivity contribution in [2.45, 2.75) is 19.9 Å². The molecule has 0 aliphatic carbocycles. The van der Waals surface area contributed by atoms with E-state index >= 15 is 0 Å². The average molecular weight is 331 g/mol. The van der Waals surface area contributed by atoms with Crippen LogP contribution in [-0.2, 0) is 0 Å². The first-order valence-corrected chi connectivity index (χ1v) is 7.01. The molecule has 0 fully saturated rings. The molecule has 0 bridgehead atoms. The third kappa shape index (κ3) is 4.91. The first-order chi connectivity index (χ1) is 8.81. The second kappa shape index (κ2) is 7.01. The summed E-state index contributed by atoms with van der Waals surface area (Å²) in [5, 5.41) is 2.99. The highest BCUT2D eigenvalue weighted by molar-refractivity contribution is 9.10. The lowest BCUT2D eigenvalue weighted by molar-refractivity contribution is 0.0916. The maximum absolute atomic E-state index is 13.1. The fourth-order valence-electron chi connectivity index (χ4n) is 1.71. The van der Waals surface area contributed by atoms with Crippen molar-refractivity contribution in [1.82, 2.24) is 10.2 Å². The van der Waals surface area contributed by atoms with E-state index in [1.807, 2.05) is 19.0 Å². The highest BCUT2D eigenvalue weighted by Crippen LogP contribution is 2.17. The molecule has 1 aromatic carbocycles. The average Bonchev–Trinajstić information content (AvgIpc) is 2.31. The van der Waals surface area contributed by atoms with Crippen molar-refractivity contribution in [2.75, 3.05) is 20.6 Å². The van der Waals surface area contributed by atoms with Gasteiger partial charge in [0.2, 0.25) is 0 Å². The Labute approximate surface area is 122 Å². The molecular weight excluding hydrogens is 311 g/mol. The van der Waals surface area contributed by atoms with Gasteiger partial charge in [-0.15, -0.1) is 0 Å². The van der Waals surface area contributed by atoms with Gasteiger partial charge in [0.15, 0.2) is 0 Å². The van der Waals surface area contributed by atoms with Crippen LogP contribution in [0.2, 0.25) is 0 Å². The van der Waals surface area contributed by atoms with E-state index in [1.54, 1.807) is 0 Å². The predicted molar refractivity (Wildman–Crippen MR) is 78.7 cm³/mol. The van der Waals surface area contributed by atoms with Crippen LogP contribution in [0.15, 0.2) is 22.7 Å². The number of carbonyl (C=O) groups excluding carboxylic acids is 1. The van der Waals surface area contributed by atoms with Gasteiger partial charge < -0.3 is 10.2 Å². The number of rotatable bonds is 5. The molecule has 0 radical (unpaired) electrons. The van der Waals surface area contributed by atoms with Crippen molar-refractivity contribution in [3.05, 3.63) is 34.1 Å². The van der Waals surface area contributed by atoms with E-state index in [0.29, 0.717) is 16.0 Å². The van der Waals surface area contributed by atoms with Crippen LogP contribution in [0, 0.1) is 11.7 Å². The summed E-state index contributed by atoms with van der Waals surface area (Å²) in [4.78, 5) is 14.2. The van der Waals surface area contributed by atoms with Crippen LogP contribution in [0.3, 0.4) is 0 Å². The van der Waals surface area contributed by atoms with Crippen LogP contribution in [-0.4, -0.2) is 37.5 Å². The Morgan fingerprint density at radius 1 is 1.42 bits per heavy atom. The summed E-state index contributed by atoms with van der Waals surface area (Å²) in [6, 6.07) is 4.33. The zero-order chi connectivity index (χ0) is 14.6. The minimum absolute atomic E-state index is 0.0614. The lowest BCUT2D eigenvalue weighted by atomic mass is 10.0. The van der Waals surface area contributed by atoms with Gasteiger partial charge in [0.05, 0.1) is 4.47 Å². The van der Waals surface area contributed by atoms with Crippen molar-refractivity contribution in [3.8, 4) is 0 Å². The standard InChI is InChI=1S/C14H20BrFN2O/c1-9(2)13(8-18(3)4)17-14(19)10-5-6-12(16)11(15)7-10/h5-7,9,13H,8H2,1-4H3,(H,17,19). The van der Waals surface area contributed by atoms with Gasteiger partial charge in [-0.05, 0) is 54.1 Å². The molecule has 0 aromatic heterocycles. The minimum Gasteiger partial charge on any atom is -0.348 e. The Kier molecular flexibility index (Phi) is 5.94. The van der Waals surface area contributed by atoms with E-state index in [2.05, 4.69) is 35.1 Å². The van der Waals surface area contributed by atoms with Crippen molar-refractivity contribution in [1.29, 1.82) is 0 Å². The van der Waals surface area contributed by atoms with E-state index in [4.69, 9.17) is 0 Å². The number of hydrogen-bond donors (Lipinski definition) is 1. The number of benzene rings is 1. The molecule has 1 rings (SSSR count). The van der Waals surface area contributed by atoms with Gasteiger partial charge in [-0.25, -0.2) is 4.39 Å². The number of hydrogen-bond acceptors (Lipinski definition) is 2. The van der Waals surface area contributed by atoms with Gasteiger partial charge >= 0.3 is 0 Å². The van der Waals surface area contributed by atoms with Crippen LogP contribution in [0.1, 0.15) is 24.2 Å². The molecule has 0 heterocycles. The fourth-order valence-corrected chi connectivity index (χ4v) is 2.08. The lowest BCUT2D eigenvalue weighted by Gasteiger charge is -2.25. The smallest absolute Gasteiger partial charge is 0.251 e. The Hall–Kier alpha value is -0.940. The van der Waals surface area contributed by atoms with Crippen LogP contribution in [0.4, 0.5) is 4.39 Å². The number of amides is 1. The molecule has 0 spiro atoms. The Balaban J connectivity index is 2.78. The minimum atomic E-state index is -0.370. The summed E-state index contributed by atoms with van der Waals surface area (Å²) in [5.41, 5.74) is 0.456. The zero-order valence-electron chi connectivity index (χ0n) is 11.7. The second-order valence-electron chi connectivity index (χ2n) is 5.22. The van der Waals surface area contributed by atoms with Crippen molar-refractivity contribution >= 4 is 21.8 Å². The molecule has 0 aliphatic rings. The Morgan fingerprint density at radius 3 is 2.53 bits per heavy atom. The Bertz CT molecular complexity index is 449. The Morgan fingerprint density at radius 2 is 2.05 bits per heavy atom. The van der Waals surface area contributed by atoms with Gasteiger partial charge in [0.25, 0.3) is 5.91 Å². The van der Waals surface area contributed by atoms with Crippen molar-refractivity contribution in [3.63, 3.8) is 0 Å². The molecule has 19 heavy (non-hydrogen) atoms. The highest BCUT2D eigenvalue weighted by atomic mass is 79.9. The molecule has 106 valence electrons.